The molecule has 2 saturated heterocycles. The van der Waals surface area contributed by atoms with Crippen LogP contribution in [0, 0.1) is 5.92 Å². The molecular weight excluding hydrogens is 236 g/mol. The van der Waals surface area contributed by atoms with Crippen LogP contribution >= 0.6 is 0 Å². The molecule has 2 rings (SSSR count). The van der Waals surface area contributed by atoms with Crippen molar-refractivity contribution in [2.75, 3.05) is 32.8 Å². The van der Waals surface area contributed by atoms with Crippen LogP contribution in [-0.4, -0.2) is 48.8 Å². The summed E-state index contributed by atoms with van der Waals surface area (Å²) in [5, 5.41) is 3.79. The number of hydrogen-bond donors (Lipinski definition) is 1. The van der Waals surface area contributed by atoms with Crippen LogP contribution in [0.3, 0.4) is 0 Å². The van der Waals surface area contributed by atoms with Crippen LogP contribution in [0.4, 0.5) is 0 Å². The normalized spacial score (nSPS) is 38.5. The fourth-order valence-corrected chi connectivity index (χ4v) is 3.29. The van der Waals surface area contributed by atoms with Crippen molar-refractivity contribution in [2.45, 2.75) is 64.5 Å². The van der Waals surface area contributed by atoms with E-state index in [1.165, 1.54) is 38.8 Å². The summed E-state index contributed by atoms with van der Waals surface area (Å²) in [7, 11) is 0. The highest BCUT2D eigenvalue weighted by Crippen LogP contribution is 2.30. The van der Waals surface area contributed by atoms with Crippen LogP contribution < -0.4 is 5.32 Å². The SMILES string of the molecule is CCC1(C)CN(CC2CCOCC2)C(C)(CC)CN1. The van der Waals surface area contributed by atoms with Gasteiger partial charge in [-0.3, -0.25) is 4.90 Å². The molecule has 3 heteroatoms. The molecule has 0 amide bonds. The Balaban J connectivity index is 2.03. The lowest BCUT2D eigenvalue weighted by atomic mass is 9.84. The minimum Gasteiger partial charge on any atom is -0.381 e. The molecule has 0 bridgehead atoms. The standard InChI is InChI=1S/C16H32N2O/c1-5-15(3)13-18(16(4,6-2)12-17-15)11-14-7-9-19-10-8-14/h14,17H,5-13H2,1-4H3. The lowest BCUT2D eigenvalue weighted by Gasteiger charge is -2.53. The van der Waals surface area contributed by atoms with Gasteiger partial charge in [-0.1, -0.05) is 13.8 Å². The molecule has 2 aliphatic rings. The molecule has 0 aliphatic carbocycles. The van der Waals surface area contributed by atoms with Gasteiger partial charge in [0.25, 0.3) is 0 Å². The zero-order valence-electron chi connectivity index (χ0n) is 13.3. The fourth-order valence-electron chi connectivity index (χ4n) is 3.29. The molecule has 2 atom stereocenters. The van der Waals surface area contributed by atoms with Gasteiger partial charge < -0.3 is 10.1 Å². The van der Waals surface area contributed by atoms with Crippen LogP contribution in [0.5, 0.6) is 0 Å². The third kappa shape index (κ3) is 3.50. The molecule has 3 nitrogen and oxygen atoms in total. The lowest BCUT2D eigenvalue weighted by Crippen LogP contribution is -2.68. The largest absolute Gasteiger partial charge is 0.381 e. The van der Waals surface area contributed by atoms with E-state index >= 15 is 0 Å². The minimum atomic E-state index is 0.292. The molecule has 0 radical (unpaired) electrons. The summed E-state index contributed by atoms with van der Waals surface area (Å²) in [5.74, 6) is 0.832. The van der Waals surface area contributed by atoms with Crippen LogP contribution in [0.1, 0.15) is 53.4 Å². The second-order valence-corrected chi connectivity index (χ2v) is 7.05. The van der Waals surface area contributed by atoms with Gasteiger partial charge in [-0.25, -0.2) is 0 Å². The van der Waals surface area contributed by atoms with Gasteiger partial charge in [0.1, 0.15) is 0 Å². The van der Waals surface area contributed by atoms with Crippen molar-refractivity contribution in [3.05, 3.63) is 0 Å². The van der Waals surface area contributed by atoms with Crippen molar-refractivity contribution in [3.8, 4) is 0 Å². The maximum atomic E-state index is 5.50. The molecule has 0 aromatic carbocycles. The number of piperazine rings is 1. The van der Waals surface area contributed by atoms with E-state index in [0.29, 0.717) is 11.1 Å². The first-order valence-electron chi connectivity index (χ1n) is 8.09. The summed E-state index contributed by atoms with van der Waals surface area (Å²) in [6, 6.07) is 0. The quantitative estimate of drug-likeness (QED) is 0.848. The molecular formula is C16H32N2O. The molecule has 19 heavy (non-hydrogen) atoms. The monoisotopic (exact) mass is 268 g/mol. The van der Waals surface area contributed by atoms with E-state index in [2.05, 4.69) is 37.9 Å². The van der Waals surface area contributed by atoms with Gasteiger partial charge in [0.15, 0.2) is 0 Å². The van der Waals surface area contributed by atoms with Crippen LogP contribution in [0.2, 0.25) is 0 Å². The van der Waals surface area contributed by atoms with E-state index in [1.807, 2.05) is 0 Å². The van der Waals surface area contributed by atoms with Gasteiger partial charge in [0, 0.05) is 43.9 Å². The van der Waals surface area contributed by atoms with Crippen molar-refractivity contribution in [2.24, 2.45) is 5.92 Å². The first kappa shape index (κ1) is 15.3. The maximum absolute atomic E-state index is 5.50. The highest BCUT2D eigenvalue weighted by atomic mass is 16.5. The average Bonchev–Trinajstić information content (AvgIpc) is 2.44. The highest BCUT2D eigenvalue weighted by molar-refractivity contribution is 5.01. The minimum absolute atomic E-state index is 0.292. The van der Waals surface area contributed by atoms with Crippen LogP contribution in [0.15, 0.2) is 0 Å². The number of hydrogen-bond acceptors (Lipinski definition) is 3. The Hall–Kier alpha value is -0.120. The Morgan fingerprint density at radius 2 is 1.84 bits per heavy atom. The van der Waals surface area contributed by atoms with Crippen molar-refractivity contribution >= 4 is 0 Å². The van der Waals surface area contributed by atoms with Crippen molar-refractivity contribution in [1.82, 2.24) is 10.2 Å². The molecule has 2 fully saturated rings. The van der Waals surface area contributed by atoms with Gasteiger partial charge in [-0.05, 0) is 45.4 Å². The molecule has 2 heterocycles. The molecule has 2 aliphatic heterocycles. The topological polar surface area (TPSA) is 24.5 Å². The smallest absolute Gasteiger partial charge is 0.0469 e. The summed E-state index contributed by atoms with van der Waals surface area (Å²) in [6.45, 7) is 14.9. The fraction of sp³-hybridized carbons (Fsp3) is 1.00. The van der Waals surface area contributed by atoms with Gasteiger partial charge in [0.05, 0.1) is 0 Å². The Labute approximate surface area is 119 Å². The Kier molecular flexibility index (Phi) is 4.91. The number of ether oxygens (including phenoxy) is 1. The van der Waals surface area contributed by atoms with E-state index in [1.54, 1.807) is 0 Å². The molecule has 2 unspecified atom stereocenters. The second kappa shape index (κ2) is 6.11. The summed E-state index contributed by atoms with van der Waals surface area (Å²) in [5.41, 5.74) is 0.618. The first-order chi connectivity index (χ1) is 9.01. The number of nitrogens with one attached hydrogen (secondary N) is 1. The molecule has 0 aromatic rings. The van der Waals surface area contributed by atoms with Gasteiger partial charge in [-0.2, -0.15) is 0 Å². The number of rotatable bonds is 4. The summed E-state index contributed by atoms with van der Waals surface area (Å²) in [6.07, 6.45) is 4.92. The zero-order valence-corrected chi connectivity index (χ0v) is 13.3. The Bertz CT molecular complexity index is 290. The second-order valence-electron chi connectivity index (χ2n) is 7.05. The van der Waals surface area contributed by atoms with E-state index in [9.17, 15) is 0 Å². The van der Waals surface area contributed by atoms with E-state index in [-0.39, 0.29) is 0 Å². The molecule has 0 spiro atoms. The Morgan fingerprint density at radius 1 is 1.16 bits per heavy atom. The zero-order chi connectivity index (χ0) is 13.9. The summed E-state index contributed by atoms with van der Waals surface area (Å²) < 4.78 is 5.50. The van der Waals surface area contributed by atoms with Gasteiger partial charge >= 0.3 is 0 Å². The predicted octanol–water partition coefficient (Wildman–Crippen LogP) is 2.66. The lowest BCUT2D eigenvalue weighted by molar-refractivity contribution is -0.0149. The molecule has 112 valence electrons. The summed E-state index contributed by atoms with van der Waals surface area (Å²) in [4.78, 5) is 2.77. The van der Waals surface area contributed by atoms with Crippen molar-refractivity contribution < 1.29 is 4.74 Å². The van der Waals surface area contributed by atoms with E-state index in [4.69, 9.17) is 4.74 Å². The van der Waals surface area contributed by atoms with E-state index in [0.717, 1.165) is 25.7 Å². The van der Waals surface area contributed by atoms with Gasteiger partial charge in [0.2, 0.25) is 0 Å². The van der Waals surface area contributed by atoms with Gasteiger partial charge in [-0.15, -0.1) is 0 Å². The van der Waals surface area contributed by atoms with Crippen LogP contribution in [0.25, 0.3) is 0 Å². The average molecular weight is 268 g/mol. The maximum Gasteiger partial charge on any atom is 0.0469 e. The Morgan fingerprint density at radius 3 is 2.42 bits per heavy atom. The first-order valence-corrected chi connectivity index (χ1v) is 8.09. The molecule has 1 N–H and O–H groups in total. The third-order valence-corrected chi connectivity index (χ3v) is 5.56. The van der Waals surface area contributed by atoms with E-state index < -0.39 is 0 Å². The van der Waals surface area contributed by atoms with Crippen molar-refractivity contribution in [3.63, 3.8) is 0 Å². The number of nitrogens with zero attached hydrogens (tertiary/aromatic N) is 1. The molecule has 0 saturated carbocycles. The summed E-state index contributed by atoms with van der Waals surface area (Å²) >= 11 is 0. The third-order valence-electron chi connectivity index (χ3n) is 5.56. The predicted molar refractivity (Wildman–Crippen MR) is 80.5 cm³/mol. The van der Waals surface area contributed by atoms with Crippen LogP contribution in [-0.2, 0) is 4.74 Å². The highest BCUT2D eigenvalue weighted by Gasteiger charge is 2.41. The van der Waals surface area contributed by atoms with Crippen molar-refractivity contribution in [1.29, 1.82) is 0 Å². The molecule has 0 aromatic heterocycles.